The highest BCUT2D eigenvalue weighted by Crippen LogP contribution is 2.22. The lowest BCUT2D eigenvalue weighted by atomic mass is 10.0. The normalized spacial score (nSPS) is 15.8. The van der Waals surface area contributed by atoms with Crippen molar-refractivity contribution in [1.29, 1.82) is 0 Å². The summed E-state index contributed by atoms with van der Waals surface area (Å²) in [6.45, 7) is 6.22. The zero-order valence-corrected chi connectivity index (χ0v) is 12.1. The molecule has 0 radical (unpaired) electrons. The third kappa shape index (κ3) is 3.51. The minimum Gasteiger partial charge on any atom is -0.326 e. The summed E-state index contributed by atoms with van der Waals surface area (Å²) in [6.07, 6.45) is 0.942. The summed E-state index contributed by atoms with van der Waals surface area (Å²) in [5.41, 5.74) is 5.53. The van der Waals surface area contributed by atoms with Crippen molar-refractivity contribution in [3.8, 4) is 0 Å². The maximum atomic E-state index is 12.1. The van der Waals surface area contributed by atoms with E-state index >= 15 is 0 Å². The van der Waals surface area contributed by atoms with E-state index in [0.717, 1.165) is 6.42 Å². The number of sulfonamides is 1. The Labute approximate surface area is 107 Å². The molecule has 2 atom stereocenters. The zero-order valence-electron chi connectivity index (χ0n) is 10.4. The van der Waals surface area contributed by atoms with Crippen LogP contribution < -0.4 is 10.5 Å². The summed E-state index contributed by atoms with van der Waals surface area (Å²) in [5.74, 6) is 0.310. The van der Waals surface area contributed by atoms with Gasteiger partial charge in [0.15, 0.2) is 0 Å². The Morgan fingerprint density at radius 1 is 1.47 bits per heavy atom. The van der Waals surface area contributed by atoms with Crippen LogP contribution in [0.5, 0.6) is 0 Å². The summed E-state index contributed by atoms with van der Waals surface area (Å²) in [4.78, 5) is 1.02. The van der Waals surface area contributed by atoms with E-state index in [2.05, 4.69) is 4.72 Å². The number of nitrogens with one attached hydrogen (secondary N) is 1. The van der Waals surface area contributed by atoms with Crippen LogP contribution in [0.3, 0.4) is 0 Å². The van der Waals surface area contributed by atoms with Gasteiger partial charge in [-0.1, -0.05) is 20.3 Å². The lowest BCUT2D eigenvalue weighted by molar-refractivity contribution is 0.434. The van der Waals surface area contributed by atoms with Crippen molar-refractivity contribution in [2.75, 3.05) is 0 Å². The van der Waals surface area contributed by atoms with Gasteiger partial charge in [0.25, 0.3) is 0 Å². The highest BCUT2D eigenvalue weighted by molar-refractivity contribution is 7.89. The van der Waals surface area contributed by atoms with Crippen LogP contribution in [-0.2, 0) is 16.6 Å². The minimum atomic E-state index is -3.43. The van der Waals surface area contributed by atoms with Gasteiger partial charge in [-0.2, -0.15) is 0 Å². The molecule has 0 fully saturated rings. The van der Waals surface area contributed by atoms with E-state index in [1.807, 2.05) is 20.8 Å². The van der Waals surface area contributed by atoms with Crippen LogP contribution in [-0.4, -0.2) is 14.5 Å². The minimum absolute atomic E-state index is 0.0736. The molecule has 1 aromatic heterocycles. The largest absolute Gasteiger partial charge is 0.326 e. The Kier molecular flexibility index (Phi) is 5.12. The predicted octanol–water partition coefficient (Wildman–Crippen LogP) is 1.92. The van der Waals surface area contributed by atoms with Crippen LogP contribution in [0.15, 0.2) is 16.3 Å². The van der Waals surface area contributed by atoms with Crippen LogP contribution in [0.25, 0.3) is 0 Å². The van der Waals surface area contributed by atoms with E-state index in [4.69, 9.17) is 5.73 Å². The van der Waals surface area contributed by atoms with Gasteiger partial charge in [-0.15, -0.1) is 11.3 Å². The van der Waals surface area contributed by atoms with E-state index in [9.17, 15) is 8.42 Å². The van der Waals surface area contributed by atoms with Crippen LogP contribution >= 0.6 is 11.3 Å². The topological polar surface area (TPSA) is 72.2 Å². The van der Waals surface area contributed by atoms with Gasteiger partial charge in [-0.25, -0.2) is 13.1 Å². The fraction of sp³-hybridized carbons (Fsp3) is 0.636. The lowest BCUT2D eigenvalue weighted by Crippen LogP contribution is -2.37. The fourth-order valence-electron chi connectivity index (χ4n) is 1.50. The smallest absolute Gasteiger partial charge is 0.241 e. The number of hydrogen-bond donors (Lipinski definition) is 2. The van der Waals surface area contributed by atoms with Gasteiger partial charge >= 0.3 is 0 Å². The van der Waals surface area contributed by atoms with E-state index in [-0.39, 0.29) is 12.6 Å². The predicted molar refractivity (Wildman–Crippen MR) is 71.4 cm³/mol. The molecule has 2 unspecified atom stereocenters. The average molecular weight is 276 g/mol. The van der Waals surface area contributed by atoms with Crippen molar-refractivity contribution < 1.29 is 8.42 Å². The standard InChI is InChI=1S/C11H20N2O2S2/c1-4-8(2)9(3)13-17(14,15)11-5-6-16-10(11)7-12/h5-6,8-9,13H,4,7,12H2,1-3H3. The summed E-state index contributed by atoms with van der Waals surface area (Å²) in [5, 5.41) is 1.75. The van der Waals surface area contributed by atoms with Crippen LogP contribution in [0.1, 0.15) is 32.1 Å². The van der Waals surface area contributed by atoms with Gasteiger partial charge in [-0.3, -0.25) is 0 Å². The second-order valence-electron chi connectivity index (χ2n) is 4.21. The quantitative estimate of drug-likeness (QED) is 0.834. The Hall–Kier alpha value is -0.430. The highest BCUT2D eigenvalue weighted by atomic mass is 32.2. The Bertz CT molecular complexity index is 454. The second kappa shape index (κ2) is 5.95. The fourth-order valence-corrected chi connectivity index (χ4v) is 4.18. The molecule has 0 aromatic carbocycles. The van der Waals surface area contributed by atoms with E-state index in [1.165, 1.54) is 11.3 Å². The molecule has 0 saturated heterocycles. The third-order valence-corrected chi connectivity index (χ3v) is 5.73. The molecule has 6 heteroatoms. The third-order valence-electron chi connectivity index (χ3n) is 3.02. The van der Waals surface area contributed by atoms with Gasteiger partial charge < -0.3 is 5.73 Å². The first-order chi connectivity index (χ1) is 7.92. The van der Waals surface area contributed by atoms with Crippen molar-refractivity contribution in [2.45, 2.75) is 44.7 Å². The van der Waals surface area contributed by atoms with Gasteiger partial charge in [0.05, 0.1) is 4.90 Å². The molecule has 0 saturated carbocycles. The lowest BCUT2D eigenvalue weighted by Gasteiger charge is -2.19. The molecular weight excluding hydrogens is 256 g/mol. The molecule has 98 valence electrons. The maximum absolute atomic E-state index is 12.1. The Morgan fingerprint density at radius 2 is 2.12 bits per heavy atom. The van der Waals surface area contributed by atoms with Gasteiger partial charge in [0.2, 0.25) is 10.0 Å². The molecule has 0 spiro atoms. The van der Waals surface area contributed by atoms with E-state index < -0.39 is 10.0 Å². The zero-order chi connectivity index (χ0) is 13.1. The van der Waals surface area contributed by atoms with Crippen molar-refractivity contribution in [2.24, 2.45) is 11.7 Å². The SMILES string of the molecule is CCC(C)C(C)NS(=O)(=O)c1ccsc1CN. The molecule has 3 N–H and O–H groups in total. The number of hydrogen-bond acceptors (Lipinski definition) is 4. The number of thiophene rings is 1. The molecular formula is C11H20N2O2S2. The molecule has 4 nitrogen and oxygen atoms in total. The van der Waals surface area contributed by atoms with E-state index in [0.29, 0.717) is 15.7 Å². The Morgan fingerprint density at radius 3 is 2.65 bits per heavy atom. The van der Waals surface area contributed by atoms with Crippen molar-refractivity contribution in [3.63, 3.8) is 0 Å². The monoisotopic (exact) mass is 276 g/mol. The van der Waals surface area contributed by atoms with E-state index in [1.54, 1.807) is 11.4 Å². The number of rotatable bonds is 6. The van der Waals surface area contributed by atoms with Crippen LogP contribution in [0.4, 0.5) is 0 Å². The molecule has 0 aliphatic rings. The van der Waals surface area contributed by atoms with Crippen molar-refractivity contribution in [1.82, 2.24) is 4.72 Å². The summed E-state index contributed by atoms with van der Waals surface area (Å²) < 4.78 is 27.0. The Balaban J connectivity index is 2.90. The molecule has 1 heterocycles. The molecule has 1 aromatic rings. The summed E-state index contributed by atoms with van der Waals surface area (Å²) >= 11 is 1.37. The van der Waals surface area contributed by atoms with Crippen molar-refractivity contribution in [3.05, 3.63) is 16.3 Å². The molecule has 0 aliphatic heterocycles. The molecule has 0 bridgehead atoms. The van der Waals surface area contributed by atoms with Crippen LogP contribution in [0.2, 0.25) is 0 Å². The molecule has 0 amide bonds. The van der Waals surface area contributed by atoms with Gasteiger partial charge in [0.1, 0.15) is 0 Å². The van der Waals surface area contributed by atoms with Gasteiger partial charge in [-0.05, 0) is 24.3 Å². The first-order valence-electron chi connectivity index (χ1n) is 5.71. The highest BCUT2D eigenvalue weighted by Gasteiger charge is 2.23. The molecule has 0 aliphatic carbocycles. The summed E-state index contributed by atoms with van der Waals surface area (Å²) in [6, 6.07) is 1.54. The summed E-state index contributed by atoms with van der Waals surface area (Å²) in [7, 11) is -3.43. The number of nitrogens with two attached hydrogens (primary N) is 1. The van der Waals surface area contributed by atoms with Crippen molar-refractivity contribution >= 4 is 21.4 Å². The average Bonchev–Trinajstić information content (AvgIpc) is 2.76. The first kappa shape index (κ1) is 14.6. The first-order valence-corrected chi connectivity index (χ1v) is 8.07. The second-order valence-corrected chi connectivity index (χ2v) is 6.89. The maximum Gasteiger partial charge on any atom is 0.241 e. The molecule has 17 heavy (non-hydrogen) atoms. The molecule has 1 rings (SSSR count). The van der Waals surface area contributed by atoms with Crippen LogP contribution in [0, 0.1) is 5.92 Å². The van der Waals surface area contributed by atoms with Gasteiger partial charge in [0, 0.05) is 17.5 Å².